The van der Waals surface area contributed by atoms with E-state index < -0.39 is 0 Å². The SMILES string of the molecule is COCCNC(=O)CCc1nnc2n(Cc3ccccc3Cl)c(=O)c3ccccc3n12. The first-order chi connectivity index (χ1) is 15.1. The highest BCUT2D eigenvalue weighted by Gasteiger charge is 2.17. The molecule has 1 amide bonds. The second-order valence-corrected chi connectivity index (χ2v) is 7.50. The standard InChI is InChI=1S/C22H22ClN5O3/c1-31-13-12-24-20(29)11-10-19-25-26-22-27(14-15-6-2-4-8-17(15)23)21(30)16-7-3-5-9-18(16)28(19)22/h2-9H,10-14H2,1H3,(H,24,29). The molecule has 2 aromatic heterocycles. The fourth-order valence-electron chi connectivity index (χ4n) is 3.52. The molecule has 1 N–H and O–H groups in total. The Hall–Kier alpha value is -3.23. The highest BCUT2D eigenvalue weighted by molar-refractivity contribution is 6.31. The minimum absolute atomic E-state index is 0.0949. The molecule has 0 aliphatic heterocycles. The molecule has 8 nitrogen and oxygen atoms in total. The first-order valence-corrected chi connectivity index (χ1v) is 10.3. The van der Waals surface area contributed by atoms with E-state index >= 15 is 0 Å². The van der Waals surface area contributed by atoms with Gasteiger partial charge in [0, 0.05) is 31.5 Å². The van der Waals surface area contributed by atoms with E-state index in [1.54, 1.807) is 23.8 Å². The number of nitrogens with zero attached hydrogens (tertiary/aromatic N) is 4. The van der Waals surface area contributed by atoms with Crippen LogP contribution in [0, 0.1) is 0 Å². The van der Waals surface area contributed by atoms with E-state index in [4.69, 9.17) is 16.3 Å². The number of benzene rings is 2. The van der Waals surface area contributed by atoms with E-state index in [0.717, 1.165) is 5.56 Å². The summed E-state index contributed by atoms with van der Waals surface area (Å²) in [6, 6.07) is 14.7. The van der Waals surface area contributed by atoms with Gasteiger partial charge in [0.2, 0.25) is 11.7 Å². The molecule has 0 atom stereocenters. The van der Waals surface area contributed by atoms with Gasteiger partial charge in [-0.05, 0) is 23.8 Å². The third kappa shape index (κ3) is 4.30. The largest absolute Gasteiger partial charge is 0.383 e. The van der Waals surface area contributed by atoms with Crippen LogP contribution in [-0.4, -0.2) is 45.3 Å². The van der Waals surface area contributed by atoms with Crippen molar-refractivity contribution >= 4 is 34.2 Å². The summed E-state index contributed by atoms with van der Waals surface area (Å²) in [5.41, 5.74) is 1.35. The Morgan fingerprint density at radius 2 is 1.90 bits per heavy atom. The number of methoxy groups -OCH3 is 1. The first-order valence-electron chi connectivity index (χ1n) is 9.94. The molecule has 0 saturated heterocycles. The summed E-state index contributed by atoms with van der Waals surface area (Å²) in [6.45, 7) is 1.18. The number of carbonyl (C=O) groups is 1. The Balaban J connectivity index is 1.75. The van der Waals surface area contributed by atoms with Crippen LogP contribution in [0.1, 0.15) is 17.8 Å². The van der Waals surface area contributed by atoms with Crippen molar-refractivity contribution in [3.05, 3.63) is 75.3 Å². The lowest BCUT2D eigenvalue weighted by Crippen LogP contribution is -2.27. The number of aryl methyl sites for hydroxylation is 1. The molecule has 9 heteroatoms. The number of aromatic nitrogens is 4. The molecule has 0 bridgehead atoms. The molecule has 2 heterocycles. The zero-order chi connectivity index (χ0) is 21.8. The predicted octanol–water partition coefficient (Wildman–Crippen LogP) is 2.44. The van der Waals surface area contributed by atoms with Crippen LogP contribution in [0.4, 0.5) is 0 Å². The van der Waals surface area contributed by atoms with Gasteiger partial charge in [-0.1, -0.05) is 41.9 Å². The third-order valence-corrected chi connectivity index (χ3v) is 5.43. The molecule has 0 saturated carbocycles. The minimum Gasteiger partial charge on any atom is -0.383 e. The van der Waals surface area contributed by atoms with Crippen molar-refractivity contribution < 1.29 is 9.53 Å². The smallest absolute Gasteiger partial charge is 0.263 e. The Kier molecular flexibility index (Phi) is 6.29. The molecule has 4 aromatic rings. The van der Waals surface area contributed by atoms with E-state index in [1.165, 1.54) is 0 Å². The topological polar surface area (TPSA) is 90.5 Å². The Bertz CT molecular complexity index is 1300. The number of hydrogen-bond donors (Lipinski definition) is 1. The molecular formula is C22H22ClN5O3. The number of fused-ring (bicyclic) bond motifs is 3. The van der Waals surface area contributed by atoms with Gasteiger partial charge in [0.05, 0.1) is 24.1 Å². The van der Waals surface area contributed by atoms with Crippen molar-refractivity contribution in [3.63, 3.8) is 0 Å². The van der Waals surface area contributed by atoms with Gasteiger partial charge in [0.1, 0.15) is 5.82 Å². The average molecular weight is 440 g/mol. The number of para-hydroxylation sites is 1. The Morgan fingerprint density at radius 3 is 2.71 bits per heavy atom. The monoisotopic (exact) mass is 439 g/mol. The van der Waals surface area contributed by atoms with Crippen LogP contribution in [0.3, 0.4) is 0 Å². The predicted molar refractivity (Wildman–Crippen MR) is 119 cm³/mol. The fourth-order valence-corrected chi connectivity index (χ4v) is 3.72. The van der Waals surface area contributed by atoms with Crippen molar-refractivity contribution in [2.24, 2.45) is 0 Å². The fraction of sp³-hybridized carbons (Fsp3) is 0.273. The van der Waals surface area contributed by atoms with E-state index in [-0.39, 0.29) is 24.4 Å². The molecule has 0 aliphatic rings. The van der Waals surface area contributed by atoms with Crippen LogP contribution in [-0.2, 0) is 22.5 Å². The average Bonchev–Trinajstić information content (AvgIpc) is 3.20. The molecule has 31 heavy (non-hydrogen) atoms. The maximum absolute atomic E-state index is 13.2. The summed E-state index contributed by atoms with van der Waals surface area (Å²) >= 11 is 6.33. The van der Waals surface area contributed by atoms with Crippen molar-refractivity contribution in [2.75, 3.05) is 20.3 Å². The van der Waals surface area contributed by atoms with Gasteiger partial charge < -0.3 is 10.1 Å². The van der Waals surface area contributed by atoms with Gasteiger partial charge in [-0.2, -0.15) is 0 Å². The summed E-state index contributed by atoms with van der Waals surface area (Å²) in [4.78, 5) is 25.4. The van der Waals surface area contributed by atoms with Gasteiger partial charge in [0.15, 0.2) is 0 Å². The van der Waals surface area contributed by atoms with Crippen LogP contribution in [0.2, 0.25) is 5.02 Å². The van der Waals surface area contributed by atoms with E-state index in [9.17, 15) is 9.59 Å². The second-order valence-electron chi connectivity index (χ2n) is 7.09. The van der Waals surface area contributed by atoms with Gasteiger partial charge in [-0.25, -0.2) is 0 Å². The van der Waals surface area contributed by atoms with Gasteiger partial charge >= 0.3 is 0 Å². The van der Waals surface area contributed by atoms with Crippen LogP contribution in [0.25, 0.3) is 16.7 Å². The van der Waals surface area contributed by atoms with E-state index in [2.05, 4.69) is 15.5 Å². The highest BCUT2D eigenvalue weighted by Crippen LogP contribution is 2.19. The number of ether oxygens (including phenoxy) is 1. The lowest BCUT2D eigenvalue weighted by molar-refractivity contribution is -0.121. The molecule has 0 aliphatic carbocycles. The molecular weight excluding hydrogens is 418 g/mol. The van der Waals surface area contributed by atoms with Crippen LogP contribution in [0.5, 0.6) is 0 Å². The molecule has 0 spiro atoms. The molecule has 0 unspecified atom stereocenters. The quantitative estimate of drug-likeness (QED) is 0.426. The molecule has 0 fully saturated rings. The summed E-state index contributed by atoms with van der Waals surface area (Å²) < 4.78 is 8.36. The van der Waals surface area contributed by atoms with Crippen molar-refractivity contribution in [2.45, 2.75) is 19.4 Å². The molecule has 0 radical (unpaired) electrons. The van der Waals surface area contributed by atoms with Crippen molar-refractivity contribution in [3.8, 4) is 0 Å². The number of rotatable bonds is 8. The normalized spacial score (nSPS) is 11.3. The second kappa shape index (κ2) is 9.28. The van der Waals surface area contributed by atoms with Crippen LogP contribution in [0.15, 0.2) is 53.3 Å². The minimum atomic E-state index is -0.167. The number of carbonyl (C=O) groups excluding carboxylic acids is 1. The summed E-state index contributed by atoms with van der Waals surface area (Å²) in [5.74, 6) is 0.932. The number of amides is 1. The first kappa shape index (κ1) is 21.0. The van der Waals surface area contributed by atoms with E-state index in [0.29, 0.717) is 47.1 Å². The maximum atomic E-state index is 13.2. The zero-order valence-electron chi connectivity index (χ0n) is 17.0. The molecule has 4 rings (SSSR count). The van der Waals surface area contributed by atoms with Gasteiger partial charge in [-0.15, -0.1) is 10.2 Å². The van der Waals surface area contributed by atoms with E-state index in [1.807, 2.05) is 40.8 Å². The summed E-state index contributed by atoms with van der Waals surface area (Å²) in [6.07, 6.45) is 0.636. The highest BCUT2D eigenvalue weighted by atomic mass is 35.5. The van der Waals surface area contributed by atoms with Crippen molar-refractivity contribution in [1.82, 2.24) is 24.5 Å². The van der Waals surface area contributed by atoms with Gasteiger partial charge in [-0.3, -0.25) is 18.6 Å². The number of nitrogens with one attached hydrogen (secondary N) is 1. The maximum Gasteiger partial charge on any atom is 0.263 e. The Labute approximate surface area is 183 Å². The third-order valence-electron chi connectivity index (χ3n) is 5.07. The molecule has 2 aromatic carbocycles. The number of halogens is 1. The Morgan fingerprint density at radius 1 is 1.13 bits per heavy atom. The van der Waals surface area contributed by atoms with Gasteiger partial charge in [0.25, 0.3) is 5.56 Å². The molecule has 160 valence electrons. The van der Waals surface area contributed by atoms with Crippen LogP contribution >= 0.6 is 11.6 Å². The zero-order valence-corrected chi connectivity index (χ0v) is 17.8. The lowest BCUT2D eigenvalue weighted by Gasteiger charge is -2.12. The van der Waals surface area contributed by atoms with Crippen molar-refractivity contribution in [1.29, 1.82) is 0 Å². The number of hydrogen-bond acceptors (Lipinski definition) is 5. The lowest BCUT2D eigenvalue weighted by atomic mass is 10.2. The summed E-state index contributed by atoms with van der Waals surface area (Å²) in [7, 11) is 1.59. The van der Waals surface area contributed by atoms with Crippen LogP contribution < -0.4 is 10.9 Å². The summed E-state index contributed by atoms with van der Waals surface area (Å²) in [5, 5.41) is 12.5.